The number of urea groups is 1. The highest BCUT2D eigenvalue weighted by atomic mass is 35.5. The molecule has 0 aliphatic carbocycles. The van der Waals surface area contributed by atoms with E-state index in [9.17, 15) is 9.59 Å². The number of pyridine rings is 1. The third kappa shape index (κ3) is 2.70. The van der Waals surface area contributed by atoms with Gasteiger partial charge in [0.2, 0.25) is 0 Å². The van der Waals surface area contributed by atoms with Crippen molar-refractivity contribution in [1.29, 1.82) is 0 Å². The fraction of sp³-hybridized carbons (Fsp3) is 0.125. The molecule has 74 valence electrons. The average Bonchev–Trinajstić information content (AvgIpc) is 2.18. The fourth-order valence-electron chi connectivity index (χ4n) is 0.748. The van der Waals surface area contributed by atoms with Crippen molar-refractivity contribution in [2.75, 3.05) is 7.05 Å². The Hall–Kier alpha value is -1.62. The SMILES string of the molecule is CNC(=O)NC(=O)c1ccc(Cl)nc1. The van der Waals surface area contributed by atoms with E-state index in [1.807, 2.05) is 0 Å². The van der Waals surface area contributed by atoms with Gasteiger partial charge in [-0.25, -0.2) is 9.78 Å². The highest BCUT2D eigenvalue weighted by Gasteiger charge is 2.08. The van der Waals surface area contributed by atoms with Crippen molar-refractivity contribution < 1.29 is 9.59 Å². The second-order valence-corrected chi connectivity index (χ2v) is 2.79. The molecule has 0 fully saturated rings. The fourth-order valence-corrected chi connectivity index (χ4v) is 0.860. The van der Waals surface area contributed by atoms with Gasteiger partial charge < -0.3 is 5.32 Å². The van der Waals surface area contributed by atoms with E-state index in [-0.39, 0.29) is 5.56 Å². The van der Waals surface area contributed by atoms with E-state index in [1.54, 1.807) is 0 Å². The lowest BCUT2D eigenvalue weighted by molar-refractivity contribution is 0.0964. The Morgan fingerprint density at radius 3 is 2.64 bits per heavy atom. The number of halogens is 1. The van der Waals surface area contributed by atoms with E-state index in [1.165, 1.54) is 25.4 Å². The minimum atomic E-state index is -0.565. The van der Waals surface area contributed by atoms with Gasteiger partial charge in [0, 0.05) is 13.2 Å². The van der Waals surface area contributed by atoms with Crippen LogP contribution in [0, 0.1) is 0 Å². The Morgan fingerprint density at radius 2 is 2.14 bits per heavy atom. The number of carbonyl (C=O) groups excluding carboxylic acids is 2. The number of hydrogen-bond donors (Lipinski definition) is 2. The number of hydrogen-bond acceptors (Lipinski definition) is 3. The molecule has 5 nitrogen and oxygen atoms in total. The molecule has 2 N–H and O–H groups in total. The van der Waals surface area contributed by atoms with Crippen LogP contribution in [0.1, 0.15) is 10.4 Å². The van der Waals surface area contributed by atoms with Crippen molar-refractivity contribution in [3.05, 3.63) is 29.0 Å². The number of aromatic nitrogens is 1. The van der Waals surface area contributed by atoms with Crippen LogP contribution >= 0.6 is 11.6 Å². The molecule has 1 heterocycles. The Morgan fingerprint density at radius 1 is 1.43 bits per heavy atom. The number of amides is 3. The predicted molar refractivity (Wildman–Crippen MR) is 51.2 cm³/mol. The highest BCUT2D eigenvalue weighted by molar-refractivity contribution is 6.29. The van der Waals surface area contributed by atoms with Crippen molar-refractivity contribution in [3.63, 3.8) is 0 Å². The molecule has 0 spiro atoms. The molecule has 0 saturated heterocycles. The topological polar surface area (TPSA) is 71.1 Å². The monoisotopic (exact) mass is 213 g/mol. The summed E-state index contributed by atoms with van der Waals surface area (Å²) in [5.74, 6) is -0.520. The van der Waals surface area contributed by atoms with Gasteiger partial charge in [-0.3, -0.25) is 10.1 Å². The van der Waals surface area contributed by atoms with Crippen LogP contribution in [0.5, 0.6) is 0 Å². The molecular weight excluding hydrogens is 206 g/mol. The van der Waals surface area contributed by atoms with Crippen LogP contribution in [0.15, 0.2) is 18.3 Å². The van der Waals surface area contributed by atoms with E-state index in [0.29, 0.717) is 5.15 Å². The van der Waals surface area contributed by atoms with Crippen LogP contribution in [0.25, 0.3) is 0 Å². The number of rotatable bonds is 1. The maximum absolute atomic E-state index is 11.3. The zero-order chi connectivity index (χ0) is 10.6. The summed E-state index contributed by atoms with van der Waals surface area (Å²) in [6, 6.07) is 2.39. The van der Waals surface area contributed by atoms with Crippen LogP contribution in [-0.2, 0) is 0 Å². The minimum Gasteiger partial charge on any atom is -0.341 e. The zero-order valence-corrected chi connectivity index (χ0v) is 8.13. The standard InChI is InChI=1S/C8H8ClN3O2/c1-10-8(14)12-7(13)5-2-3-6(9)11-4-5/h2-4H,1H3,(H2,10,12,13,14). The van der Waals surface area contributed by atoms with Crippen LogP contribution in [0.3, 0.4) is 0 Å². The molecule has 3 amide bonds. The normalized spacial score (nSPS) is 9.29. The largest absolute Gasteiger partial charge is 0.341 e. The summed E-state index contributed by atoms with van der Waals surface area (Å²) in [4.78, 5) is 25.7. The maximum Gasteiger partial charge on any atom is 0.321 e. The van der Waals surface area contributed by atoms with E-state index >= 15 is 0 Å². The molecule has 0 radical (unpaired) electrons. The van der Waals surface area contributed by atoms with Crippen LogP contribution < -0.4 is 10.6 Å². The van der Waals surface area contributed by atoms with Crippen molar-refractivity contribution in [2.45, 2.75) is 0 Å². The van der Waals surface area contributed by atoms with Gasteiger partial charge >= 0.3 is 6.03 Å². The third-order valence-corrected chi connectivity index (χ3v) is 1.67. The van der Waals surface area contributed by atoms with Crippen molar-refractivity contribution in [2.24, 2.45) is 0 Å². The molecule has 0 saturated carbocycles. The van der Waals surface area contributed by atoms with Gasteiger partial charge in [0.05, 0.1) is 5.56 Å². The van der Waals surface area contributed by atoms with Gasteiger partial charge in [0.25, 0.3) is 5.91 Å². The van der Waals surface area contributed by atoms with Gasteiger partial charge in [-0.05, 0) is 12.1 Å². The molecule has 0 atom stereocenters. The van der Waals surface area contributed by atoms with E-state index in [2.05, 4.69) is 15.6 Å². The first-order valence-corrected chi connectivity index (χ1v) is 4.16. The van der Waals surface area contributed by atoms with Crippen LogP contribution in [0.4, 0.5) is 4.79 Å². The Balaban J connectivity index is 2.70. The summed E-state index contributed by atoms with van der Waals surface area (Å²) in [5.41, 5.74) is 0.276. The highest BCUT2D eigenvalue weighted by Crippen LogP contribution is 2.04. The molecule has 14 heavy (non-hydrogen) atoms. The van der Waals surface area contributed by atoms with E-state index < -0.39 is 11.9 Å². The molecule has 0 unspecified atom stereocenters. The summed E-state index contributed by atoms with van der Waals surface area (Å²) in [6.07, 6.45) is 1.29. The molecule has 1 aromatic heterocycles. The minimum absolute atomic E-state index is 0.276. The molecule has 0 aliphatic heterocycles. The summed E-state index contributed by atoms with van der Waals surface area (Å²) in [7, 11) is 1.42. The number of carbonyl (C=O) groups is 2. The van der Waals surface area contributed by atoms with Crippen LogP contribution in [-0.4, -0.2) is 24.0 Å². The quantitative estimate of drug-likeness (QED) is 0.678. The molecule has 1 rings (SSSR count). The van der Waals surface area contributed by atoms with Crippen molar-refractivity contribution in [1.82, 2.24) is 15.6 Å². The van der Waals surface area contributed by atoms with Crippen molar-refractivity contribution in [3.8, 4) is 0 Å². The summed E-state index contributed by atoms with van der Waals surface area (Å²) >= 11 is 5.53. The molecule has 0 aliphatic rings. The lowest BCUT2D eigenvalue weighted by Gasteiger charge is -2.02. The van der Waals surface area contributed by atoms with E-state index in [4.69, 9.17) is 11.6 Å². The summed E-state index contributed by atoms with van der Waals surface area (Å²) < 4.78 is 0. The lowest BCUT2D eigenvalue weighted by atomic mass is 10.3. The molecule has 0 bridgehead atoms. The second kappa shape index (κ2) is 4.57. The smallest absolute Gasteiger partial charge is 0.321 e. The first-order chi connectivity index (χ1) is 6.63. The summed E-state index contributed by atoms with van der Waals surface area (Å²) in [6.45, 7) is 0. The predicted octanol–water partition coefficient (Wildman–Crippen LogP) is 0.804. The van der Waals surface area contributed by atoms with Gasteiger partial charge in [0.15, 0.2) is 0 Å². The summed E-state index contributed by atoms with van der Waals surface area (Å²) in [5, 5.41) is 4.65. The first kappa shape index (κ1) is 10.5. The van der Waals surface area contributed by atoms with Gasteiger partial charge in [-0.2, -0.15) is 0 Å². The van der Waals surface area contributed by atoms with Crippen LogP contribution in [0.2, 0.25) is 5.15 Å². The molecule has 0 aromatic carbocycles. The number of nitrogens with one attached hydrogen (secondary N) is 2. The third-order valence-electron chi connectivity index (χ3n) is 1.44. The zero-order valence-electron chi connectivity index (χ0n) is 7.37. The first-order valence-electron chi connectivity index (χ1n) is 3.78. The van der Waals surface area contributed by atoms with Gasteiger partial charge in [-0.15, -0.1) is 0 Å². The van der Waals surface area contributed by atoms with Crippen molar-refractivity contribution >= 4 is 23.5 Å². The molecular formula is C8H8ClN3O2. The Bertz CT molecular complexity index is 350. The van der Waals surface area contributed by atoms with Gasteiger partial charge in [-0.1, -0.05) is 11.6 Å². The second-order valence-electron chi connectivity index (χ2n) is 2.40. The number of nitrogens with zero attached hydrogens (tertiary/aromatic N) is 1. The lowest BCUT2D eigenvalue weighted by Crippen LogP contribution is -2.37. The van der Waals surface area contributed by atoms with Gasteiger partial charge in [0.1, 0.15) is 5.15 Å². The molecule has 6 heteroatoms. The van der Waals surface area contributed by atoms with E-state index in [0.717, 1.165) is 0 Å². The Kier molecular flexibility index (Phi) is 3.41. The maximum atomic E-state index is 11.3. The number of imide groups is 1. The Labute approximate surface area is 85.5 Å². The molecule has 1 aromatic rings. The average molecular weight is 214 g/mol.